The number of nitrogens with zero attached hydrogens (tertiary/aromatic N) is 1. The van der Waals surface area contributed by atoms with E-state index < -0.39 is 10.4 Å². The molecule has 0 aromatic carbocycles. The smallest absolute Gasteiger partial charge is 0.336 e. The fraction of sp³-hybridized carbons (Fsp3) is 0.939. The summed E-state index contributed by atoms with van der Waals surface area (Å²) in [5.41, 5.74) is 0. The number of carbonyl (C=O) groups excluding carboxylic acids is 1. The number of unbranched alkanes of at least 4 members (excludes halogenated alkanes) is 19. The Morgan fingerprint density at radius 3 is 1.62 bits per heavy atom. The third-order valence-corrected chi connectivity index (χ3v) is 8.90. The molecule has 1 aliphatic rings. The molecule has 1 atom stereocenters. The van der Waals surface area contributed by atoms with E-state index in [9.17, 15) is 17.8 Å². The number of amides is 1. The van der Waals surface area contributed by atoms with Crippen molar-refractivity contribution in [3.05, 3.63) is 0 Å². The molecule has 1 unspecified atom stereocenters. The predicted molar refractivity (Wildman–Crippen MR) is 174 cm³/mol. The van der Waals surface area contributed by atoms with E-state index >= 15 is 0 Å². The van der Waals surface area contributed by atoms with Gasteiger partial charge < -0.3 is 9.87 Å². The number of carbonyl (C=O) groups is 1. The van der Waals surface area contributed by atoms with Crippen LogP contribution in [0.1, 0.15) is 162 Å². The van der Waals surface area contributed by atoms with Gasteiger partial charge in [-0.05, 0) is 12.8 Å². The van der Waals surface area contributed by atoms with Crippen LogP contribution in [-0.4, -0.2) is 69.5 Å². The van der Waals surface area contributed by atoms with Gasteiger partial charge in [0, 0.05) is 6.42 Å². The van der Waals surface area contributed by atoms with Gasteiger partial charge in [-0.2, -0.15) is 4.99 Å². The average Bonchev–Trinajstić information content (AvgIpc) is 3.32. The topological polar surface area (TPSA) is 110 Å². The van der Waals surface area contributed by atoms with Crippen molar-refractivity contribution in [2.45, 2.75) is 162 Å². The Morgan fingerprint density at radius 1 is 0.786 bits per heavy atom. The second-order valence-corrected chi connectivity index (χ2v) is 13.5. The minimum absolute atomic E-state index is 0.251. The molecule has 9 heteroatoms. The Labute approximate surface area is 260 Å². The molecule has 1 amide bonds. The molecule has 0 bridgehead atoms. The van der Waals surface area contributed by atoms with Gasteiger partial charge in [-0.3, -0.25) is 8.98 Å². The van der Waals surface area contributed by atoms with Gasteiger partial charge in [0.1, 0.15) is 13.1 Å². The Hall–Kier alpha value is -1.03. The monoisotopic (exact) mass is 618 g/mol. The molecule has 0 aromatic heterocycles. The summed E-state index contributed by atoms with van der Waals surface area (Å²) in [5.74, 6) is 1.75. The number of nitrogens with one attached hydrogen (secondary N) is 2. The second kappa shape index (κ2) is 27.5. The van der Waals surface area contributed by atoms with Gasteiger partial charge in [-0.25, -0.2) is 12.9 Å². The van der Waals surface area contributed by atoms with Crippen LogP contribution in [-0.2, 0) is 19.4 Å². The van der Waals surface area contributed by atoms with Crippen molar-refractivity contribution in [3.8, 4) is 0 Å². The molecule has 0 aliphatic carbocycles. The number of rotatable bonds is 27. The van der Waals surface area contributed by atoms with Crippen molar-refractivity contribution >= 4 is 22.1 Å². The first-order valence-corrected chi connectivity index (χ1v) is 18.7. The van der Waals surface area contributed by atoms with Crippen LogP contribution in [0.3, 0.4) is 0 Å². The zero-order chi connectivity index (χ0) is 31.4. The molecule has 250 valence electrons. The number of hydrogen-bond donors (Lipinski definition) is 2. The maximum atomic E-state index is 12.3. The van der Waals surface area contributed by atoms with Crippen molar-refractivity contribution in [2.75, 3.05) is 40.3 Å². The van der Waals surface area contributed by atoms with Crippen molar-refractivity contribution in [1.29, 1.82) is 0 Å². The normalized spacial score (nSPS) is 16.6. The summed E-state index contributed by atoms with van der Waals surface area (Å²) in [4.78, 5) is 16.0. The minimum Gasteiger partial charge on any atom is -0.726 e. The summed E-state index contributed by atoms with van der Waals surface area (Å²) in [6.45, 7) is 8.62. The van der Waals surface area contributed by atoms with E-state index in [1.54, 1.807) is 0 Å². The first kappa shape index (κ1) is 41.0. The van der Waals surface area contributed by atoms with Crippen LogP contribution in [0, 0.1) is 0 Å². The molecule has 0 saturated heterocycles. The molecule has 0 aromatic rings. The van der Waals surface area contributed by atoms with Gasteiger partial charge in [0.05, 0.1) is 27.1 Å². The first-order chi connectivity index (χ1) is 20.2. The molecule has 0 radical (unpaired) electrons. The third kappa shape index (κ3) is 25.5. The molecular formula is C33H68N3O5S+. The van der Waals surface area contributed by atoms with Crippen molar-refractivity contribution < 1.29 is 31.4 Å². The fourth-order valence-corrected chi connectivity index (χ4v) is 5.64. The highest BCUT2D eigenvalue weighted by Gasteiger charge is 2.38. The summed E-state index contributed by atoms with van der Waals surface area (Å²) < 4.78 is 32.0. The van der Waals surface area contributed by atoms with E-state index in [4.69, 9.17) is 0 Å². The van der Waals surface area contributed by atoms with Gasteiger partial charge in [-0.15, -0.1) is 0 Å². The van der Waals surface area contributed by atoms with Gasteiger partial charge in [-0.1, -0.05) is 136 Å². The number of quaternary nitrogens is 1. The summed E-state index contributed by atoms with van der Waals surface area (Å²) in [6.07, 6.45) is 30.5. The van der Waals surface area contributed by atoms with Gasteiger partial charge in [0.15, 0.2) is 6.54 Å². The van der Waals surface area contributed by atoms with Crippen LogP contribution < -0.4 is 10.3 Å². The molecule has 0 fully saturated rings. The highest BCUT2D eigenvalue weighted by molar-refractivity contribution is 7.80. The van der Waals surface area contributed by atoms with E-state index in [1.165, 1.54) is 141 Å². The first-order valence-electron chi connectivity index (χ1n) is 17.4. The molecule has 1 aliphatic heterocycles. The number of hydrogen-bond acceptors (Lipinski definition) is 5. The Morgan fingerprint density at radius 2 is 1.19 bits per heavy atom. The summed E-state index contributed by atoms with van der Waals surface area (Å²) in [7, 11) is -1.26. The lowest BCUT2D eigenvalue weighted by Crippen LogP contribution is -2.72. The second-order valence-electron chi connectivity index (χ2n) is 12.4. The van der Waals surface area contributed by atoms with E-state index in [1.807, 2.05) is 0 Å². The lowest BCUT2D eigenvalue weighted by Gasteiger charge is -2.26. The number of amidine groups is 1. The van der Waals surface area contributed by atoms with E-state index in [0.29, 0.717) is 6.42 Å². The molecule has 1 heterocycles. The zero-order valence-electron chi connectivity index (χ0n) is 28.0. The minimum atomic E-state index is -4.41. The quantitative estimate of drug-likeness (QED) is 0.0497. The van der Waals surface area contributed by atoms with Gasteiger partial charge in [0.25, 0.3) is 0 Å². The van der Waals surface area contributed by atoms with Crippen molar-refractivity contribution in [3.63, 3.8) is 0 Å². The zero-order valence-corrected chi connectivity index (χ0v) is 28.8. The predicted octanol–water partition coefficient (Wildman–Crippen LogP) is 6.15. The third-order valence-electron chi connectivity index (χ3n) is 8.49. The van der Waals surface area contributed by atoms with Crippen LogP contribution in [0.25, 0.3) is 0 Å². The lowest BCUT2D eigenvalue weighted by atomic mass is 10.1. The molecule has 0 spiro atoms. The largest absolute Gasteiger partial charge is 0.726 e. The fourth-order valence-electron chi connectivity index (χ4n) is 5.64. The summed E-state index contributed by atoms with van der Waals surface area (Å²) in [5, 5.41) is 3.20. The Bertz CT molecular complexity index is 776. The summed E-state index contributed by atoms with van der Waals surface area (Å²) in [6, 6.07) is 0. The van der Waals surface area contributed by atoms with Crippen LogP contribution in [0.2, 0.25) is 0 Å². The average molecular weight is 619 g/mol. The number of likely N-dealkylation sites (N-methyl/N-ethyl adjacent to an activating group) is 1. The van der Waals surface area contributed by atoms with Crippen LogP contribution in [0.15, 0.2) is 0 Å². The van der Waals surface area contributed by atoms with E-state index in [-0.39, 0.29) is 5.91 Å². The maximum absolute atomic E-state index is 12.3. The molecule has 42 heavy (non-hydrogen) atoms. The molecular weight excluding hydrogens is 550 g/mol. The highest BCUT2D eigenvalue weighted by atomic mass is 32.3. The molecule has 8 nitrogen and oxygen atoms in total. The Balaban J connectivity index is 0.00000252. The van der Waals surface area contributed by atoms with Crippen molar-refractivity contribution in [1.82, 2.24) is 5.32 Å². The standard InChI is InChI=1S/C32H63N3O.CH4O4S/c1-4-6-8-10-12-14-16-18-20-22-24-26-32(36)34-28-30-35(3)29-27-33-31(35)25-23-21-19-17-15-13-11-9-7-5-2;1-5-6(2,3)4/h4-30H2,1-3H3;1H3,(H,2,3,4)/p+1. The lowest BCUT2D eigenvalue weighted by molar-refractivity contribution is -0.816. The summed E-state index contributed by atoms with van der Waals surface area (Å²) >= 11 is 0. The van der Waals surface area contributed by atoms with Gasteiger partial charge in [0.2, 0.25) is 16.3 Å². The van der Waals surface area contributed by atoms with E-state index in [0.717, 1.165) is 44.2 Å². The van der Waals surface area contributed by atoms with Crippen molar-refractivity contribution in [2.24, 2.45) is 0 Å². The molecule has 1 rings (SSSR count). The van der Waals surface area contributed by atoms with Gasteiger partial charge >= 0.3 is 5.84 Å². The molecule has 2 N–H and O–H groups in total. The van der Waals surface area contributed by atoms with Crippen LogP contribution >= 0.6 is 0 Å². The van der Waals surface area contributed by atoms with Crippen LogP contribution in [0.4, 0.5) is 0 Å². The SMILES string of the molecule is CCCCCCCCCCCCCC(=O)NCC[N+]1(C)CC[NH+]=C1CCCCCCCCCCCC.COS(=O)(=O)[O-]. The maximum Gasteiger partial charge on any atom is 0.336 e. The molecule has 0 saturated carbocycles. The van der Waals surface area contributed by atoms with E-state index in [2.05, 4.69) is 35.4 Å². The van der Waals surface area contributed by atoms with Crippen LogP contribution in [0.5, 0.6) is 0 Å². The Kier molecular flexibility index (Phi) is 26.8. The highest BCUT2D eigenvalue weighted by Crippen LogP contribution is 2.14.